The van der Waals surface area contributed by atoms with Crippen molar-refractivity contribution >= 4 is 0 Å². The lowest BCUT2D eigenvalue weighted by Crippen LogP contribution is -2.22. The average molecular weight is 259 g/mol. The molecule has 2 aromatic rings. The lowest BCUT2D eigenvalue weighted by Gasteiger charge is -2.16. The van der Waals surface area contributed by atoms with E-state index >= 15 is 0 Å². The summed E-state index contributed by atoms with van der Waals surface area (Å²) in [6, 6.07) is 7.25. The highest BCUT2D eigenvalue weighted by molar-refractivity contribution is 5.18. The van der Waals surface area contributed by atoms with E-state index in [0.717, 1.165) is 23.4 Å². The lowest BCUT2D eigenvalue weighted by molar-refractivity contribution is 0.499. The zero-order chi connectivity index (χ0) is 13.7. The van der Waals surface area contributed by atoms with Gasteiger partial charge in [0.15, 0.2) is 0 Å². The summed E-state index contributed by atoms with van der Waals surface area (Å²) in [6.45, 7) is 4.80. The second-order valence-corrected chi connectivity index (χ2v) is 4.51. The molecule has 2 aromatic heterocycles. The van der Waals surface area contributed by atoms with Gasteiger partial charge in [0.2, 0.25) is 0 Å². The van der Waals surface area contributed by atoms with Crippen LogP contribution in [0.1, 0.15) is 36.3 Å². The van der Waals surface area contributed by atoms with E-state index in [9.17, 15) is 4.39 Å². The lowest BCUT2D eigenvalue weighted by atomic mass is 10.1. The van der Waals surface area contributed by atoms with Gasteiger partial charge in [0, 0.05) is 18.8 Å². The Morgan fingerprint density at radius 1 is 1.26 bits per heavy atom. The Bertz CT molecular complexity index is 525. The van der Waals surface area contributed by atoms with E-state index in [0.29, 0.717) is 6.54 Å². The standard InChI is InChI=1S/C15H18FN3/c1-3-13(14-7-6-12(16)9-18-14)19-10-15-11(2)5-4-8-17-15/h4-9,13,19H,3,10H2,1-2H3. The number of nitrogens with zero attached hydrogens (tertiary/aromatic N) is 2. The maximum Gasteiger partial charge on any atom is 0.141 e. The van der Waals surface area contributed by atoms with Crippen molar-refractivity contribution in [3.8, 4) is 0 Å². The summed E-state index contributed by atoms with van der Waals surface area (Å²) >= 11 is 0. The van der Waals surface area contributed by atoms with Crippen LogP contribution in [0.5, 0.6) is 0 Å². The van der Waals surface area contributed by atoms with Gasteiger partial charge in [-0.2, -0.15) is 0 Å². The highest BCUT2D eigenvalue weighted by Crippen LogP contribution is 2.15. The fraction of sp³-hybridized carbons (Fsp3) is 0.333. The van der Waals surface area contributed by atoms with E-state index in [2.05, 4.69) is 22.2 Å². The molecule has 1 unspecified atom stereocenters. The Kier molecular flexibility index (Phi) is 4.58. The molecule has 2 rings (SSSR count). The van der Waals surface area contributed by atoms with E-state index in [4.69, 9.17) is 0 Å². The van der Waals surface area contributed by atoms with Gasteiger partial charge < -0.3 is 5.32 Å². The Balaban J connectivity index is 2.04. The van der Waals surface area contributed by atoms with Crippen molar-refractivity contribution in [3.05, 3.63) is 59.4 Å². The molecule has 1 atom stereocenters. The monoisotopic (exact) mass is 259 g/mol. The van der Waals surface area contributed by atoms with Crippen LogP contribution in [0.4, 0.5) is 4.39 Å². The largest absolute Gasteiger partial charge is 0.303 e. The Morgan fingerprint density at radius 2 is 2.11 bits per heavy atom. The molecule has 0 aliphatic rings. The molecule has 0 bridgehead atoms. The molecule has 3 nitrogen and oxygen atoms in total. The number of halogens is 1. The van der Waals surface area contributed by atoms with Crippen molar-refractivity contribution in [2.45, 2.75) is 32.9 Å². The summed E-state index contributed by atoms with van der Waals surface area (Å²) < 4.78 is 12.9. The summed E-state index contributed by atoms with van der Waals surface area (Å²) in [5.74, 6) is -0.306. The van der Waals surface area contributed by atoms with Crippen LogP contribution in [0.2, 0.25) is 0 Å². The van der Waals surface area contributed by atoms with Crippen LogP contribution in [0.25, 0.3) is 0 Å². The van der Waals surface area contributed by atoms with Crippen LogP contribution in [0, 0.1) is 12.7 Å². The third kappa shape index (κ3) is 3.58. The molecule has 100 valence electrons. The van der Waals surface area contributed by atoms with Gasteiger partial charge in [-0.15, -0.1) is 0 Å². The first kappa shape index (κ1) is 13.6. The maximum absolute atomic E-state index is 12.9. The number of pyridine rings is 2. The Morgan fingerprint density at radius 3 is 2.74 bits per heavy atom. The summed E-state index contributed by atoms with van der Waals surface area (Å²) in [5, 5.41) is 3.41. The minimum atomic E-state index is -0.306. The normalized spacial score (nSPS) is 12.4. The zero-order valence-electron chi connectivity index (χ0n) is 11.2. The van der Waals surface area contributed by atoms with Gasteiger partial charge in [0.25, 0.3) is 0 Å². The minimum Gasteiger partial charge on any atom is -0.303 e. The third-order valence-electron chi connectivity index (χ3n) is 3.15. The number of hydrogen-bond donors (Lipinski definition) is 1. The zero-order valence-corrected chi connectivity index (χ0v) is 11.2. The molecule has 1 N–H and O–H groups in total. The van der Waals surface area contributed by atoms with Crippen LogP contribution in [-0.4, -0.2) is 9.97 Å². The molecule has 0 saturated heterocycles. The van der Waals surface area contributed by atoms with Gasteiger partial charge in [0.1, 0.15) is 5.82 Å². The molecule has 4 heteroatoms. The highest BCUT2D eigenvalue weighted by atomic mass is 19.1. The van der Waals surface area contributed by atoms with Gasteiger partial charge in [-0.3, -0.25) is 9.97 Å². The molecule has 0 amide bonds. The van der Waals surface area contributed by atoms with E-state index in [1.807, 2.05) is 19.1 Å². The molecule has 0 aromatic carbocycles. The van der Waals surface area contributed by atoms with E-state index in [1.165, 1.54) is 12.3 Å². The van der Waals surface area contributed by atoms with Gasteiger partial charge in [-0.25, -0.2) is 4.39 Å². The highest BCUT2D eigenvalue weighted by Gasteiger charge is 2.11. The average Bonchev–Trinajstić information content (AvgIpc) is 2.43. The third-order valence-corrected chi connectivity index (χ3v) is 3.15. The van der Waals surface area contributed by atoms with E-state index in [1.54, 1.807) is 12.3 Å². The molecule has 2 heterocycles. The van der Waals surface area contributed by atoms with E-state index < -0.39 is 0 Å². The van der Waals surface area contributed by atoms with Gasteiger partial charge in [-0.1, -0.05) is 13.0 Å². The molecule has 19 heavy (non-hydrogen) atoms. The van der Waals surface area contributed by atoms with Crippen molar-refractivity contribution in [3.63, 3.8) is 0 Å². The fourth-order valence-corrected chi connectivity index (χ4v) is 1.97. The molecular weight excluding hydrogens is 241 g/mol. The second-order valence-electron chi connectivity index (χ2n) is 4.51. The Hall–Kier alpha value is -1.81. The van der Waals surface area contributed by atoms with Gasteiger partial charge >= 0.3 is 0 Å². The summed E-state index contributed by atoms with van der Waals surface area (Å²) in [4.78, 5) is 8.48. The first-order chi connectivity index (χ1) is 9.20. The summed E-state index contributed by atoms with van der Waals surface area (Å²) in [7, 11) is 0. The topological polar surface area (TPSA) is 37.8 Å². The fourth-order valence-electron chi connectivity index (χ4n) is 1.97. The Labute approximate surface area is 112 Å². The van der Waals surface area contributed by atoms with Crippen molar-refractivity contribution in [2.75, 3.05) is 0 Å². The van der Waals surface area contributed by atoms with Crippen molar-refractivity contribution in [2.24, 2.45) is 0 Å². The SMILES string of the molecule is CCC(NCc1ncccc1C)c1ccc(F)cn1. The molecule has 0 radical (unpaired) electrons. The number of nitrogens with one attached hydrogen (secondary N) is 1. The van der Waals surface area contributed by atoms with Crippen LogP contribution in [0.3, 0.4) is 0 Å². The molecule has 0 fully saturated rings. The number of aromatic nitrogens is 2. The van der Waals surface area contributed by atoms with Crippen molar-refractivity contribution in [1.82, 2.24) is 15.3 Å². The smallest absolute Gasteiger partial charge is 0.141 e. The van der Waals surface area contributed by atoms with Gasteiger partial charge in [-0.05, 0) is 37.1 Å². The second kappa shape index (κ2) is 6.38. The van der Waals surface area contributed by atoms with Crippen molar-refractivity contribution < 1.29 is 4.39 Å². The predicted molar refractivity (Wildman–Crippen MR) is 73.0 cm³/mol. The molecule has 0 saturated carbocycles. The molecular formula is C15H18FN3. The van der Waals surface area contributed by atoms with Gasteiger partial charge in [0.05, 0.1) is 17.6 Å². The van der Waals surface area contributed by atoms with E-state index in [-0.39, 0.29) is 11.9 Å². The van der Waals surface area contributed by atoms with Crippen molar-refractivity contribution in [1.29, 1.82) is 0 Å². The van der Waals surface area contributed by atoms with Crippen LogP contribution >= 0.6 is 0 Å². The maximum atomic E-state index is 12.9. The quantitative estimate of drug-likeness (QED) is 0.896. The molecule has 0 spiro atoms. The number of aryl methyl sites for hydroxylation is 1. The number of rotatable bonds is 5. The predicted octanol–water partition coefficient (Wildman–Crippen LogP) is 3.17. The minimum absolute atomic E-state index is 0.113. The van der Waals surface area contributed by atoms with Crippen LogP contribution in [-0.2, 0) is 6.54 Å². The first-order valence-electron chi connectivity index (χ1n) is 6.46. The number of hydrogen-bond acceptors (Lipinski definition) is 3. The summed E-state index contributed by atoms with van der Waals surface area (Å²) in [6.07, 6.45) is 3.94. The van der Waals surface area contributed by atoms with Crippen LogP contribution < -0.4 is 5.32 Å². The van der Waals surface area contributed by atoms with Crippen LogP contribution in [0.15, 0.2) is 36.7 Å². The summed E-state index contributed by atoms with van der Waals surface area (Å²) in [5.41, 5.74) is 3.05. The first-order valence-corrected chi connectivity index (χ1v) is 6.46. The molecule has 0 aliphatic heterocycles. The molecule has 0 aliphatic carbocycles.